The molecule has 0 amide bonds. The summed E-state index contributed by atoms with van der Waals surface area (Å²) in [6, 6.07) is 1.75. The topological polar surface area (TPSA) is 76.7 Å². The standard InChI is InChI=1S/C11H13N5O/c1-4-13-10(14-5-1)11-15-9(17-16-11)7-12-6-8-2-3-8/h1,4-5,8,12H,2-3,6-7H2. The van der Waals surface area contributed by atoms with E-state index in [0.29, 0.717) is 24.1 Å². The zero-order valence-electron chi connectivity index (χ0n) is 9.33. The average Bonchev–Trinajstić information content (AvgIpc) is 3.07. The summed E-state index contributed by atoms with van der Waals surface area (Å²) in [6.07, 6.45) is 5.98. The molecule has 3 rings (SSSR count). The highest BCUT2D eigenvalue weighted by molar-refractivity contribution is 5.40. The van der Waals surface area contributed by atoms with Crippen molar-refractivity contribution in [3.8, 4) is 11.6 Å². The van der Waals surface area contributed by atoms with E-state index >= 15 is 0 Å². The fourth-order valence-electron chi connectivity index (χ4n) is 1.54. The van der Waals surface area contributed by atoms with E-state index in [1.54, 1.807) is 18.5 Å². The van der Waals surface area contributed by atoms with E-state index in [1.807, 2.05) is 0 Å². The van der Waals surface area contributed by atoms with Gasteiger partial charge in [0.2, 0.25) is 17.5 Å². The van der Waals surface area contributed by atoms with Crippen LogP contribution < -0.4 is 5.32 Å². The number of rotatable bonds is 5. The first-order chi connectivity index (χ1) is 8.42. The van der Waals surface area contributed by atoms with Gasteiger partial charge in [0.1, 0.15) is 0 Å². The van der Waals surface area contributed by atoms with Crippen molar-refractivity contribution in [1.29, 1.82) is 0 Å². The molecule has 1 saturated carbocycles. The summed E-state index contributed by atoms with van der Waals surface area (Å²) in [7, 11) is 0. The molecule has 2 aromatic rings. The normalized spacial score (nSPS) is 15.1. The number of aromatic nitrogens is 4. The third-order valence-electron chi connectivity index (χ3n) is 2.64. The molecule has 0 radical (unpaired) electrons. The summed E-state index contributed by atoms with van der Waals surface area (Å²) in [5, 5.41) is 7.14. The smallest absolute Gasteiger partial charge is 0.241 e. The molecule has 0 unspecified atom stereocenters. The van der Waals surface area contributed by atoms with Gasteiger partial charge in [-0.15, -0.1) is 0 Å². The first-order valence-electron chi connectivity index (χ1n) is 5.72. The minimum atomic E-state index is 0.439. The second kappa shape index (κ2) is 4.58. The predicted molar refractivity (Wildman–Crippen MR) is 59.8 cm³/mol. The van der Waals surface area contributed by atoms with E-state index < -0.39 is 0 Å². The van der Waals surface area contributed by atoms with Crippen LogP contribution in [0.1, 0.15) is 18.7 Å². The van der Waals surface area contributed by atoms with Crippen molar-refractivity contribution < 1.29 is 4.52 Å². The summed E-state index contributed by atoms with van der Waals surface area (Å²) >= 11 is 0. The largest absolute Gasteiger partial charge is 0.337 e. The van der Waals surface area contributed by atoms with Gasteiger partial charge >= 0.3 is 0 Å². The Hall–Kier alpha value is -1.82. The van der Waals surface area contributed by atoms with Crippen LogP contribution in [0.2, 0.25) is 0 Å². The molecule has 1 aliphatic carbocycles. The second-order valence-electron chi connectivity index (χ2n) is 4.16. The van der Waals surface area contributed by atoms with E-state index in [9.17, 15) is 0 Å². The van der Waals surface area contributed by atoms with Crippen LogP contribution in [0.4, 0.5) is 0 Å². The van der Waals surface area contributed by atoms with Crippen LogP contribution in [-0.4, -0.2) is 26.7 Å². The van der Waals surface area contributed by atoms with Crippen molar-refractivity contribution >= 4 is 0 Å². The Morgan fingerprint density at radius 2 is 2.06 bits per heavy atom. The van der Waals surface area contributed by atoms with Crippen LogP contribution in [0.5, 0.6) is 0 Å². The van der Waals surface area contributed by atoms with Crippen molar-refractivity contribution in [2.75, 3.05) is 6.54 Å². The molecule has 0 spiro atoms. The molecule has 0 atom stereocenters. The molecule has 0 saturated heterocycles. The van der Waals surface area contributed by atoms with Crippen LogP contribution in [-0.2, 0) is 6.54 Å². The minimum absolute atomic E-state index is 0.439. The molecule has 0 aliphatic heterocycles. The van der Waals surface area contributed by atoms with Crippen LogP contribution in [0.25, 0.3) is 11.6 Å². The molecule has 0 bridgehead atoms. The highest BCUT2D eigenvalue weighted by Gasteiger charge is 2.20. The number of hydrogen-bond donors (Lipinski definition) is 1. The van der Waals surface area contributed by atoms with Crippen LogP contribution >= 0.6 is 0 Å². The molecule has 2 aromatic heterocycles. The first-order valence-corrected chi connectivity index (χ1v) is 5.72. The fourth-order valence-corrected chi connectivity index (χ4v) is 1.54. The van der Waals surface area contributed by atoms with Crippen molar-refractivity contribution in [3.63, 3.8) is 0 Å². The summed E-state index contributed by atoms with van der Waals surface area (Å²) < 4.78 is 5.12. The van der Waals surface area contributed by atoms with Crippen LogP contribution in [0.15, 0.2) is 23.0 Å². The number of hydrogen-bond acceptors (Lipinski definition) is 6. The monoisotopic (exact) mass is 231 g/mol. The van der Waals surface area contributed by atoms with E-state index in [1.165, 1.54) is 12.8 Å². The summed E-state index contributed by atoms with van der Waals surface area (Å²) in [5.74, 6) is 2.35. The Kier molecular flexibility index (Phi) is 2.79. The van der Waals surface area contributed by atoms with Gasteiger partial charge in [-0.05, 0) is 31.4 Å². The highest BCUT2D eigenvalue weighted by Crippen LogP contribution is 2.27. The minimum Gasteiger partial charge on any atom is -0.337 e. The lowest BCUT2D eigenvalue weighted by atomic mass is 10.4. The van der Waals surface area contributed by atoms with Crippen molar-refractivity contribution in [2.24, 2.45) is 5.92 Å². The molecule has 1 N–H and O–H groups in total. The van der Waals surface area contributed by atoms with E-state index in [0.717, 1.165) is 12.5 Å². The SMILES string of the molecule is c1cnc(-c2noc(CNCC3CC3)n2)nc1. The van der Waals surface area contributed by atoms with Gasteiger partial charge in [-0.2, -0.15) is 4.98 Å². The maximum atomic E-state index is 5.12. The molecule has 17 heavy (non-hydrogen) atoms. The molecule has 1 fully saturated rings. The highest BCUT2D eigenvalue weighted by atomic mass is 16.5. The van der Waals surface area contributed by atoms with Crippen LogP contribution in [0.3, 0.4) is 0 Å². The first kappa shape index (κ1) is 10.3. The lowest BCUT2D eigenvalue weighted by Crippen LogP contribution is -2.16. The Labute approximate surface area is 98.5 Å². The van der Waals surface area contributed by atoms with Gasteiger partial charge in [0.15, 0.2) is 0 Å². The van der Waals surface area contributed by atoms with E-state index in [-0.39, 0.29) is 0 Å². The molecular weight excluding hydrogens is 218 g/mol. The van der Waals surface area contributed by atoms with E-state index in [4.69, 9.17) is 4.52 Å². The molecular formula is C11H13N5O. The van der Waals surface area contributed by atoms with Gasteiger partial charge in [0.05, 0.1) is 6.54 Å². The lowest BCUT2D eigenvalue weighted by Gasteiger charge is -1.97. The number of nitrogens with one attached hydrogen (secondary N) is 1. The third-order valence-corrected chi connectivity index (χ3v) is 2.64. The Morgan fingerprint density at radius 3 is 2.82 bits per heavy atom. The molecule has 88 valence electrons. The summed E-state index contributed by atoms with van der Waals surface area (Å²) in [4.78, 5) is 12.4. The quantitative estimate of drug-likeness (QED) is 0.828. The van der Waals surface area contributed by atoms with Gasteiger partial charge in [-0.3, -0.25) is 0 Å². The third kappa shape index (κ3) is 2.65. The van der Waals surface area contributed by atoms with Gasteiger partial charge in [-0.1, -0.05) is 5.16 Å². The molecule has 1 aliphatic rings. The molecule has 6 heteroatoms. The predicted octanol–water partition coefficient (Wildman–Crippen LogP) is 1.03. The molecule has 2 heterocycles. The van der Waals surface area contributed by atoms with Gasteiger partial charge < -0.3 is 9.84 Å². The summed E-state index contributed by atoms with van der Waals surface area (Å²) in [5.41, 5.74) is 0. The molecule has 0 aromatic carbocycles. The lowest BCUT2D eigenvalue weighted by molar-refractivity contribution is 0.366. The zero-order chi connectivity index (χ0) is 11.5. The second-order valence-corrected chi connectivity index (χ2v) is 4.16. The van der Waals surface area contributed by atoms with Crippen molar-refractivity contribution in [2.45, 2.75) is 19.4 Å². The fraction of sp³-hybridized carbons (Fsp3) is 0.455. The Bertz CT molecular complexity index is 480. The van der Waals surface area contributed by atoms with Gasteiger partial charge in [-0.25, -0.2) is 9.97 Å². The Balaban J connectivity index is 1.61. The van der Waals surface area contributed by atoms with Gasteiger partial charge in [0.25, 0.3) is 0 Å². The van der Waals surface area contributed by atoms with Crippen molar-refractivity contribution in [3.05, 3.63) is 24.4 Å². The maximum absolute atomic E-state index is 5.12. The van der Waals surface area contributed by atoms with Crippen molar-refractivity contribution in [1.82, 2.24) is 25.4 Å². The van der Waals surface area contributed by atoms with Crippen LogP contribution in [0, 0.1) is 5.92 Å². The zero-order valence-corrected chi connectivity index (χ0v) is 9.33. The summed E-state index contributed by atoms with van der Waals surface area (Å²) in [6.45, 7) is 1.63. The molecule has 6 nitrogen and oxygen atoms in total. The number of nitrogens with zero attached hydrogens (tertiary/aromatic N) is 4. The van der Waals surface area contributed by atoms with Gasteiger partial charge in [0, 0.05) is 12.4 Å². The Morgan fingerprint density at radius 1 is 1.24 bits per heavy atom. The average molecular weight is 231 g/mol. The van der Waals surface area contributed by atoms with E-state index in [2.05, 4.69) is 25.4 Å². The maximum Gasteiger partial charge on any atom is 0.241 e.